The van der Waals surface area contributed by atoms with E-state index in [0.717, 1.165) is 15.2 Å². The molecular weight excluding hydrogens is 242 g/mol. The second-order valence-electron chi connectivity index (χ2n) is 3.47. The van der Waals surface area contributed by atoms with Gasteiger partial charge < -0.3 is 5.11 Å². The van der Waals surface area contributed by atoms with Crippen LogP contribution in [0.15, 0.2) is 18.2 Å². The van der Waals surface area contributed by atoms with Crippen LogP contribution in [0.3, 0.4) is 0 Å². The molecule has 0 aliphatic carbocycles. The fraction of sp³-hybridized carbons (Fsp3) is 0.273. The highest BCUT2D eigenvalue weighted by molar-refractivity contribution is 7.99. The highest BCUT2D eigenvalue weighted by Crippen LogP contribution is 2.25. The summed E-state index contributed by atoms with van der Waals surface area (Å²) in [7, 11) is 0. The van der Waals surface area contributed by atoms with Crippen molar-refractivity contribution in [3.05, 3.63) is 28.8 Å². The predicted molar refractivity (Wildman–Crippen MR) is 68.2 cm³/mol. The van der Waals surface area contributed by atoms with Crippen molar-refractivity contribution >= 4 is 39.3 Å². The van der Waals surface area contributed by atoms with E-state index in [1.807, 2.05) is 6.92 Å². The largest absolute Gasteiger partial charge is 0.481 e. The minimum absolute atomic E-state index is 0.134. The average Bonchev–Trinajstić information content (AvgIpc) is 2.58. The Morgan fingerprint density at radius 1 is 1.56 bits per heavy atom. The number of aliphatic carboxylic acids is 1. The standard InChI is InChI=1S/C11H11NO2S2/c1-7-2-3-9-8(4-7)12-10(16-9)5-15-6-11(13)14/h2-4H,5-6H2,1H3,(H,13,14). The Labute approximate surface area is 102 Å². The number of aryl methyl sites for hydroxylation is 1. The topological polar surface area (TPSA) is 50.2 Å². The molecule has 2 aromatic rings. The maximum Gasteiger partial charge on any atom is 0.313 e. The molecule has 0 atom stereocenters. The van der Waals surface area contributed by atoms with E-state index in [2.05, 4.69) is 23.2 Å². The van der Waals surface area contributed by atoms with E-state index in [0.29, 0.717) is 5.75 Å². The first-order valence-corrected chi connectivity index (χ1v) is 6.78. The van der Waals surface area contributed by atoms with Crippen LogP contribution in [-0.4, -0.2) is 21.8 Å². The minimum atomic E-state index is -0.776. The average molecular weight is 253 g/mol. The quantitative estimate of drug-likeness (QED) is 0.910. The molecule has 1 N–H and O–H groups in total. The molecule has 0 radical (unpaired) electrons. The molecule has 0 aliphatic heterocycles. The van der Waals surface area contributed by atoms with E-state index >= 15 is 0 Å². The first-order valence-electron chi connectivity index (χ1n) is 4.81. The third-order valence-electron chi connectivity index (χ3n) is 2.04. The van der Waals surface area contributed by atoms with Crippen LogP contribution in [-0.2, 0) is 10.5 Å². The van der Waals surface area contributed by atoms with Crippen LogP contribution in [0.5, 0.6) is 0 Å². The molecule has 0 saturated carbocycles. The SMILES string of the molecule is Cc1ccc2sc(CSCC(=O)O)nc2c1. The van der Waals surface area contributed by atoms with Gasteiger partial charge in [0.05, 0.1) is 16.0 Å². The Bertz CT molecular complexity index is 522. The first kappa shape index (κ1) is 11.4. The summed E-state index contributed by atoms with van der Waals surface area (Å²) in [5, 5.41) is 9.52. The predicted octanol–water partition coefficient (Wildman–Crippen LogP) is 2.92. The number of nitrogens with zero attached hydrogens (tertiary/aromatic N) is 1. The van der Waals surface area contributed by atoms with Crippen LogP contribution in [0.25, 0.3) is 10.2 Å². The van der Waals surface area contributed by atoms with E-state index in [1.165, 1.54) is 17.3 Å². The minimum Gasteiger partial charge on any atom is -0.481 e. The monoisotopic (exact) mass is 253 g/mol. The van der Waals surface area contributed by atoms with E-state index in [-0.39, 0.29) is 5.75 Å². The van der Waals surface area contributed by atoms with Gasteiger partial charge in [0.25, 0.3) is 0 Å². The molecule has 2 rings (SSSR count). The molecule has 16 heavy (non-hydrogen) atoms. The van der Waals surface area contributed by atoms with Gasteiger partial charge in [0.2, 0.25) is 0 Å². The summed E-state index contributed by atoms with van der Waals surface area (Å²) < 4.78 is 1.16. The van der Waals surface area contributed by atoms with Crippen molar-refractivity contribution in [2.75, 3.05) is 5.75 Å². The number of thioether (sulfide) groups is 1. The van der Waals surface area contributed by atoms with Gasteiger partial charge in [0.15, 0.2) is 0 Å². The molecule has 0 aliphatic rings. The van der Waals surface area contributed by atoms with E-state index in [9.17, 15) is 4.79 Å². The van der Waals surface area contributed by atoms with Gasteiger partial charge in [-0.3, -0.25) is 4.79 Å². The van der Waals surface area contributed by atoms with Crippen LogP contribution >= 0.6 is 23.1 Å². The number of benzene rings is 1. The lowest BCUT2D eigenvalue weighted by atomic mass is 10.2. The summed E-state index contributed by atoms with van der Waals surface area (Å²) in [5.41, 5.74) is 2.21. The summed E-state index contributed by atoms with van der Waals surface area (Å²) in [6, 6.07) is 6.18. The van der Waals surface area contributed by atoms with Crippen LogP contribution in [0.4, 0.5) is 0 Å². The Kier molecular flexibility index (Phi) is 3.46. The van der Waals surface area contributed by atoms with E-state index in [1.54, 1.807) is 11.3 Å². The van der Waals surface area contributed by atoms with Crippen molar-refractivity contribution in [2.24, 2.45) is 0 Å². The van der Waals surface area contributed by atoms with Crippen molar-refractivity contribution in [1.29, 1.82) is 0 Å². The van der Waals surface area contributed by atoms with Gasteiger partial charge >= 0.3 is 5.97 Å². The molecule has 0 amide bonds. The second-order valence-corrected chi connectivity index (χ2v) is 5.57. The zero-order valence-electron chi connectivity index (χ0n) is 8.77. The molecule has 1 aromatic heterocycles. The van der Waals surface area contributed by atoms with Crippen LogP contribution in [0, 0.1) is 6.92 Å². The molecule has 1 aromatic carbocycles. The van der Waals surface area contributed by atoms with Gasteiger partial charge in [-0.1, -0.05) is 6.07 Å². The third-order valence-corrected chi connectivity index (χ3v) is 4.19. The van der Waals surface area contributed by atoms with Crippen molar-refractivity contribution in [2.45, 2.75) is 12.7 Å². The molecule has 84 valence electrons. The Morgan fingerprint density at radius 2 is 2.38 bits per heavy atom. The van der Waals surface area contributed by atoms with Crippen molar-refractivity contribution in [1.82, 2.24) is 4.98 Å². The lowest BCUT2D eigenvalue weighted by Crippen LogP contribution is -1.97. The number of hydrogen-bond acceptors (Lipinski definition) is 4. The highest BCUT2D eigenvalue weighted by atomic mass is 32.2. The highest BCUT2D eigenvalue weighted by Gasteiger charge is 2.05. The summed E-state index contributed by atoms with van der Waals surface area (Å²) in [4.78, 5) is 14.8. The fourth-order valence-corrected chi connectivity index (χ4v) is 3.12. The molecule has 3 nitrogen and oxygen atoms in total. The maximum absolute atomic E-state index is 10.4. The lowest BCUT2D eigenvalue weighted by molar-refractivity contribution is -0.133. The van der Waals surface area contributed by atoms with Crippen molar-refractivity contribution in [3.8, 4) is 0 Å². The number of aromatic nitrogens is 1. The lowest BCUT2D eigenvalue weighted by Gasteiger charge is -1.92. The maximum atomic E-state index is 10.4. The second kappa shape index (κ2) is 4.84. The molecular formula is C11H11NO2S2. The van der Waals surface area contributed by atoms with Gasteiger partial charge in [-0.05, 0) is 24.6 Å². The number of fused-ring (bicyclic) bond motifs is 1. The molecule has 0 unspecified atom stereocenters. The molecule has 0 spiro atoms. The summed E-state index contributed by atoms with van der Waals surface area (Å²) >= 11 is 3.02. The summed E-state index contributed by atoms with van der Waals surface area (Å²) in [6.07, 6.45) is 0. The Hall–Kier alpha value is -1.07. The van der Waals surface area contributed by atoms with Gasteiger partial charge in [-0.25, -0.2) is 4.98 Å². The van der Waals surface area contributed by atoms with Gasteiger partial charge in [0.1, 0.15) is 5.01 Å². The summed E-state index contributed by atoms with van der Waals surface area (Å²) in [6.45, 7) is 2.04. The molecule has 0 saturated heterocycles. The Morgan fingerprint density at radius 3 is 3.12 bits per heavy atom. The number of carboxylic acids is 1. The smallest absolute Gasteiger partial charge is 0.313 e. The molecule has 1 heterocycles. The van der Waals surface area contributed by atoms with Crippen LogP contribution in [0.1, 0.15) is 10.6 Å². The molecule has 0 bridgehead atoms. The van der Waals surface area contributed by atoms with Gasteiger partial charge in [0, 0.05) is 5.75 Å². The summed E-state index contributed by atoms with van der Waals surface area (Å²) in [5.74, 6) is 0.0292. The van der Waals surface area contributed by atoms with E-state index in [4.69, 9.17) is 5.11 Å². The number of carboxylic acid groups (broad SMARTS) is 1. The van der Waals surface area contributed by atoms with Crippen molar-refractivity contribution < 1.29 is 9.90 Å². The fourth-order valence-electron chi connectivity index (χ4n) is 1.37. The molecule has 0 fully saturated rings. The van der Waals surface area contributed by atoms with Crippen LogP contribution in [0.2, 0.25) is 0 Å². The van der Waals surface area contributed by atoms with Crippen molar-refractivity contribution in [3.63, 3.8) is 0 Å². The molecule has 5 heteroatoms. The first-order chi connectivity index (χ1) is 7.65. The number of carbonyl (C=O) groups is 1. The van der Waals surface area contributed by atoms with Crippen LogP contribution < -0.4 is 0 Å². The van der Waals surface area contributed by atoms with Gasteiger partial charge in [-0.15, -0.1) is 23.1 Å². The third kappa shape index (κ3) is 2.74. The van der Waals surface area contributed by atoms with E-state index < -0.39 is 5.97 Å². The Balaban J connectivity index is 2.10. The zero-order chi connectivity index (χ0) is 11.5. The van der Waals surface area contributed by atoms with Gasteiger partial charge in [-0.2, -0.15) is 0 Å². The normalized spacial score (nSPS) is 10.8. The zero-order valence-corrected chi connectivity index (χ0v) is 10.4. The number of thiazole rings is 1. The number of hydrogen-bond donors (Lipinski definition) is 1. The number of rotatable bonds is 4.